The molecule has 1 aromatic rings. The maximum absolute atomic E-state index is 11.7. The summed E-state index contributed by atoms with van der Waals surface area (Å²) >= 11 is 0. The van der Waals surface area contributed by atoms with Gasteiger partial charge in [0.05, 0.1) is 12.5 Å². The second-order valence-corrected chi connectivity index (χ2v) is 4.93. The van der Waals surface area contributed by atoms with Crippen molar-refractivity contribution in [3.8, 4) is 6.07 Å². The summed E-state index contributed by atoms with van der Waals surface area (Å²) in [7, 11) is 0. The van der Waals surface area contributed by atoms with Crippen molar-refractivity contribution in [3.63, 3.8) is 0 Å². The van der Waals surface area contributed by atoms with Crippen LogP contribution in [0.5, 0.6) is 0 Å². The highest BCUT2D eigenvalue weighted by atomic mass is 16.6. The van der Waals surface area contributed by atoms with Gasteiger partial charge in [-0.3, -0.25) is 4.79 Å². The Balaban J connectivity index is 2.82. The zero-order valence-corrected chi connectivity index (χ0v) is 10.9. The van der Waals surface area contributed by atoms with Crippen LogP contribution in [0.4, 0.5) is 0 Å². The number of allylic oxidation sites excluding steroid dienone is 1. The lowest BCUT2D eigenvalue weighted by molar-refractivity contribution is -0.153. The van der Waals surface area contributed by atoms with Gasteiger partial charge >= 0.3 is 5.97 Å². The van der Waals surface area contributed by atoms with Crippen LogP contribution in [0.1, 0.15) is 32.8 Å². The van der Waals surface area contributed by atoms with Gasteiger partial charge in [0.2, 0.25) is 0 Å². The van der Waals surface area contributed by atoms with Gasteiger partial charge < -0.3 is 4.74 Å². The molecule has 0 unspecified atom stereocenters. The monoisotopic (exact) mass is 243 g/mol. The summed E-state index contributed by atoms with van der Waals surface area (Å²) in [5.41, 5.74) is 1.03. The van der Waals surface area contributed by atoms with Gasteiger partial charge in [-0.15, -0.1) is 0 Å². The molecule has 0 aromatic heterocycles. The molecule has 0 spiro atoms. The third-order valence-electron chi connectivity index (χ3n) is 2.14. The van der Waals surface area contributed by atoms with Gasteiger partial charge in [0.1, 0.15) is 5.60 Å². The van der Waals surface area contributed by atoms with Gasteiger partial charge in [-0.2, -0.15) is 5.26 Å². The van der Waals surface area contributed by atoms with Crippen LogP contribution >= 0.6 is 0 Å². The Labute approximate surface area is 108 Å². The first-order valence-corrected chi connectivity index (χ1v) is 5.78. The highest BCUT2D eigenvalue weighted by Crippen LogP contribution is 2.20. The fourth-order valence-corrected chi connectivity index (χ4v) is 1.50. The van der Waals surface area contributed by atoms with E-state index in [0.29, 0.717) is 5.57 Å². The standard InChI is InChI=1S/C15H17NO2/c1-15(2,3)18-14(17)11-13(9-10-16)12-7-5-4-6-8-12/h4-9H,11H2,1-3H3/b13-9-. The first kappa shape index (κ1) is 14.0. The highest BCUT2D eigenvalue weighted by molar-refractivity contribution is 5.86. The molecular weight excluding hydrogens is 226 g/mol. The summed E-state index contributed by atoms with van der Waals surface area (Å²) in [6, 6.07) is 11.3. The molecule has 0 aliphatic carbocycles. The quantitative estimate of drug-likeness (QED) is 0.604. The molecular formula is C15H17NO2. The summed E-state index contributed by atoms with van der Waals surface area (Å²) in [4.78, 5) is 11.7. The summed E-state index contributed by atoms with van der Waals surface area (Å²) in [6.07, 6.45) is 1.49. The number of nitrogens with zero attached hydrogens (tertiary/aromatic N) is 1. The third-order valence-corrected chi connectivity index (χ3v) is 2.14. The van der Waals surface area contributed by atoms with E-state index in [0.717, 1.165) is 5.56 Å². The second kappa shape index (κ2) is 6.02. The van der Waals surface area contributed by atoms with E-state index in [1.807, 2.05) is 57.2 Å². The molecule has 0 radical (unpaired) electrons. The molecule has 0 saturated carbocycles. The molecule has 0 bridgehead atoms. The van der Waals surface area contributed by atoms with Crippen molar-refractivity contribution in [3.05, 3.63) is 42.0 Å². The lowest BCUT2D eigenvalue weighted by Gasteiger charge is -2.19. The van der Waals surface area contributed by atoms with Gasteiger partial charge in [-0.1, -0.05) is 30.3 Å². The predicted molar refractivity (Wildman–Crippen MR) is 70.5 cm³/mol. The summed E-state index contributed by atoms with van der Waals surface area (Å²) in [5, 5.41) is 8.76. The normalized spacial score (nSPS) is 11.8. The van der Waals surface area contributed by atoms with Crippen LogP contribution in [0.15, 0.2) is 36.4 Å². The molecule has 1 rings (SSSR count). The largest absolute Gasteiger partial charge is 0.460 e. The third kappa shape index (κ3) is 4.84. The second-order valence-electron chi connectivity index (χ2n) is 4.93. The van der Waals surface area contributed by atoms with Crippen LogP contribution in [0.25, 0.3) is 5.57 Å². The molecule has 0 aliphatic heterocycles. The molecule has 94 valence electrons. The molecule has 0 N–H and O–H groups in total. The fraction of sp³-hybridized carbons (Fsp3) is 0.333. The summed E-state index contributed by atoms with van der Waals surface area (Å²) < 4.78 is 5.25. The van der Waals surface area contributed by atoms with E-state index in [4.69, 9.17) is 10.00 Å². The van der Waals surface area contributed by atoms with E-state index in [-0.39, 0.29) is 12.4 Å². The molecule has 0 fully saturated rings. The van der Waals surface area contributed by atoms with Gasteiger partial charge in [-0.25, -0.2) is 0 Å². The Morgan fingerprint density at radius 3 is 2.44 bits per heavy atom. The van der Waals surface area contributed by atoms with Crippen molar-refractivity contribution in [2.45, 2.75) is 32.8 Å². The summed E-state index contributed by atoms with van der Waals surface area (Å²) in [6.45, 7) is 5.46. The molecule has 0 saturated heterocycles. The van der Waals surface area contributed by atoms with Crippen LogP contribution in [-0.4, -0.2) is 11.6 Å². The average molecular weight is 243 g/mol. The molecule has 3 nitrogen and oxygen atoms in total. The number of hydrogen-bond donors (Lipinski definition) is 0. The predicted octanol–water partition coefficient (Wildman–Crippen LogP) is 3.33. The lowest BCUT2D eigenvalue weighted by atomic mass is 10.0. The van der Waals surface area contributed by atoms with Gasteiger partial charge in [0, 0.05) is 6.08 Å². The number of nitriles is 1. The van der Waals surface area contributed by atoms with Crippen molar-refractivity contribution in [2.24, 2.45) is 0 Å². The Bertz CT molecular complexity index is 475. The number of esters is 1. The maximum atomic E-state index is 11.7. The van der Waals surface area contributed by atoms with Crippen molar-refractivity contribution >= 4 is 11.5 Å². The number of carbonyl (C=O) groups excluding carboxylic acids is 1. The molecule has 1 aromatic carbocycles. The minimum absolute atomic E-state index is 0.106. The van der Waals surface area contributed by atoms with Gasteiger partial charge in [-0.05, 0) is 31.9 Å². The molecule has 3 heteroatoms. The van der Waals surface area contributed by atoms with E-state index in [1.54, 1.807) is 0 Å². The van der Waals surface area contributed by atoms with Crippen LogP contribution in [0, 0.1) is 11.3 Å². The Morgan fingerprint density at radius 1 is 1.33 bits per heavy atom. The molecule has 0 atom stereocenters. The smallest absolute Gasteiger partial charge is 0.310 e. The van der Waals surface area contributed by atoms with Crippen molar-refractivity contribution in [1.82, 2.24) is 0 Å². The summed E-state index contributed by atoms with van der Waals surface area (Å²) in [5.74, 6) is -0.326. The zero-order valence-electron chi connectivity index (χ0n) is 10.9. The highest BCUT2D eigenvalue weighted by Gasteiger charge is 2.17. The van der Waals surface area contributed by atoms with Crippen LogP contribution in [-0.2, 0) is 9.53 Å². The van der Waals surface area contributed by atoms with E-state index < -0.39 is 5.60 Å². The number of ether oxygens (including phenoxy) is 1. The lowest BCUT2D eigenvalue weighted by Crippen LogP contribution is -2.23. The van der Waals surface area contributed by atoms with Crippen molar-refractivity contribution < 1.29 is 9.53 Å². The SMILES string of the molecule is CC(C)(C)OC(=O)C/C(=C/C#N)c1ccccc1. The first-order chi connectivity index (χ1) is 8.42. The minimum atomic E-state index is -0.508. The molecule has 0 aliphatic rings. The average Bonchev–Trinajstić information content (AvgIpc) is 2.27. The molecule has 18 heavy (non-hydrogen) atoms. The zero-order chi connectivity index (χ0) is 13.6. The number of hydrogen-bond acceptors (Lipinski definition) is 3. The van der Waals surface area contributed by atoms with Crippen LogP contribution in [0.2, 0.25) is 0 Å². The van der Waals surface area contributed by atoms with E-state index in [2.05, 4.69) is 0 Å². The van der Waals surface area contributed by atoms with Crippen LogP contribution < -0.4 is 0 Å². The number of carbonyl (C=O) groups is 1. The first-order valence-electron chi connectivity index (χ1n) is 5.78. The molecule has 0 amide bonds. The number of benzene rings is 1. The van der Waals surface area contributed by atoms with Gasteiger partial charge in [0.25, 0.3) is 0 Å². The molecule has 0 heterocycles. The minimum Gasteiger partial charge on any atom is -0.460 e. The van der Waals surface area contributed by atoms with Crippen molar-refractivity contribution in [1.29, 1.82) is 5.26 Å². The Hall–Kier alpha value is -2.08. The fourth-order valence-electron chi connectivity index (χ4n) is 1.50. The topological polar surface area (TPSA) is 50.1 Å². The number of rotatable bonds is 3. The van der Waals surface area contributed by atoms with E-state index in [9.17, 15) is 4.79 Å². The maximum Gasteiger partial charge on any atom is 0.310 e. The Morgan fingerprint density at radius 2 is 1.94 bits per heavy atom. The van der Waals surface area contributed by atoms with E-state index >= 15 is 0 Å². The van der Waals surface area contributed by atoms with Gasteiger partial charge in [0.15, 0.2) is 0 Å². The Kier molecular flexibility index (Phi) is 4.67. The van der Waals surface area contributed by atoms with E-state index in [1.165, 1.54) is 6.08 Å². The van der Waals surface area contributed by atoms with Crippen LogP contribution in [0.3, 0.4) is 0 Å². The van der Waals surface area contributed by atoms with Crippen molar-refractivity contribution in [2.75, 3.05) is 0 Å².